The van der Waals surface area contributed by atoms with E-state index in [0.717, 1.165) is 5.56 Å². The molecule has 0 amide bonds. The predicted molar refractivity (Wildman–Crippen MR) is 71.6 cm³/mol. The quantitative estimate of drug-likeness (QED) is 0.923. The van der Waals surface area contributed by atoms with Gasteiger partial charge in [0.05, 0.1) is 0 Å². The molecule has 0 bridgehead atoms. The molecule has 0 spiro atoms. The molecule has 0 radical (unpaired) electrons. The molecule has 0 atom stereocenters. The van der Waals surface area contributed by atoms with Gasteiger partial charge >= 0.3 is 0 Å². The Balaban J connectivity index is 2.29. The van der Waals surface area contributed by atoms with E-state index in [1.165, 1.54) is 35.0 Å². The van der Waals surface area contributed by atoms with E-state index >= 15 is 0 Å². The molecule has 18 heavy (non-hydrogen) atoms. The summed E-state index contributed by atoms with van der Waals surface area (Å²) in [6.07, 6.45) is 1.47. The number of anilines is 1. The third-order valence-corrected chi connectivity index (χ3v) is 5.06. The molecule has 2 aromatic rings. The molecule has 2 N–H and O–H groups in total. The molecule has 2 heterocycles. The monoisotopic (exact) mass is 283 g/mol. The molecule has 0 aliphatic heterocycles. The largest absolute Gasteiger partial charge is 0.383 e. The van der Waals surface area contributed by atoms with Gasteiger partial charge in [0.15, 0.2) is 0 Å². The highest BCUT2D eigenvalue weighted by molar-refractivity contribution is 7.89. The van der Waals surface area contributed by atoms with E-state index in [2.05, 4.69) is 4.98 Å². The first kappa shape index (κ1) is 13.0. The summed E-state index contributed by atoms with van der Waals surface area (Å²) >= 11 is 1.53. The molecule has 0 unspecified atom stereocenters. The van der Waals surface area contributed by atoms with Crippen LogP contribution in [0.2, 0.25) is 0 Å². The Labute approximate surface area is 110 Å². The van der Waals surface area contributed by atoms with E-state index < -0.39 is 10.0 Å². The van der Waals surface area contributed by atoms with Crippen molar-refractivity contribution in [1.29, 1.82) is 0 Å². The maximum Gasteiger partial charge on any atom is 0.246 e. The van der Waals surface area contributed by atoms with E-state index in [0.29, 0.717) is 6.54 Å². The van der Waals surface area contributed by atoms with E-state index in [1.807, 2.05) is 16.8 Å². The highest BCUT2D eigenvalue weighted by Crippen LogP contribution is 2.21. The molecule has 2 aromatic heterocycles. The van der Waals surface area contributed by atoms with Crippen molar-refractivity contribution in [2.75, 3.05) is 12.8 Å². The molecule has 96 valence electrons. The van der Waals surface area contributed by atoms with Crippen LogP contribution in [0.15, 0.2) is 40.1 Å². The minimum absolute atomic E-state index is 0.0228. The molecule has 0 fully saturated rings. The number of rotatable bonds is 4. The summed E-state index contributed by atoms with van der Waals surface area (Å²) in [5, 5.41) is 3.83. The van der Waals surface area contributed by atoms with Gasteiger partial charge in [-0.3, -0.25) is 0 Å². The van der Waals surface area contributed by atoms with Crippen molar-refractivity contribution >= 4 is 27.2 Å². The Hall–Kier alpha value is -1.44. The third-order valence-electron chi connectivity index (χ3n) is 2.47. The lowest BCUT2D eigenvalue weighted by molar-refractivity contribution is 0.467. The highest BCUT2D eigenvalue weighted by Gasteiger charge is 2.23. The summed E-state index contributed by atoms with van der Waals surface area (Å²) in [5.41, 5.74) is 6.56. The number of hydrogen-bond donors (Lipinski definition) is 1. The fourth-order valence-corrected chi connectivity index (χ4v) is 3.40. The number of nitrogens with zero attached hydrogens (tertiary/aromatic N) is 2. The summed E-state index contributed by atoms with van der Waals surface area (Å²) < 4.78 is 25.8. The first-order chi connectivity index (χ1) is 8.51. The minimum atomic E-state index is -3.60. The number of pyridine rings is 1. The average Bonchev–Trinajstić information content (AvgIpc) is 2.82. The van der Waals surface area contributed by atoms with Crippen LogP contribution in [0.5, 0.6) is 0 Å². The second-order valence-corrected chi connectivity index (χ2v) is 6.57. The topological polar surface area (TPSA) is 76.3 Å². The summed E-state index contributed by atoms with van der Waals surface area (Å²) in [7, 11) is -2.07. The second-order valence-electron chi connectivity index (χ2n) is 3.78. The van der Waals surface area contributed by atoms with E-state index in [-0.39, 0.29) is 10.7 Å². The third kappa shape index (κ3) is 2.53. The molecule has 0 saturated heterocycles. The Morgan fingerprint density at radius 2 is 2.22 bits per heavy atom. The summed E-state index contributed by atoms with van der Waals surface area (Å²) in [5.74, 6) is 0.0228. The standard InChI is InChI=1S/C11H13N3O2S2/c1-14(7-9-4-6-17-8-9)18(15,16)10-3-2-5-13-11(10)12/h2-6,8H,7H2,1H3,(H2,12,13). The summed E-state index contributed by atoms with van der Waals surface area (Å²) in [6.45, 7) is 0.320. The van der Waals surface area contributed by atoms with E-state index in [1.54, 1.807) is 6.07 Å². The van der Waals surface area contributed by atoms with E-state index in [4.69, 9.17) is 5.73 Å². The van der Waals surface area contributed by atoms with Gasteiger partial charge in [-0.05, 0) is 34.5 Å². The van der Waals surface area contributed by atoms with Gasteiger partial charge in [-0.25, -0.2) is 13.4 Å². The Kier molecular flexibility index (Phi) is 3.65. The number of thiophene rings is 1. The lowest BCUT2D eigenvalue weighted by Gasteiger charge is -2.17. The van der Waals surface area contributed by atoms with Gasteiger partial charge in [0.25, 0.3) is 0 Å². The van der Waals surface area contributed by atoms with Gasteiger partial charge in [-0.2, -0.15) is 15.6 Å². The zero-order chi connectivity index (χ0) is 13.2. The van der Waals surface area contributed by atoms with Gasteiger partial charge in [-0.15, -0.1) is 0 Å². The SMILES string of the molecule is CN(Cc1ccsc1)S(=O)(=O)c1cccnc1N. The lowest BCUT2D eigenvalue weighted by atomic mass is 10.3. The van der Waals surface area contributed by atoms with Crippen LogP contribution in [0.4, 0.5) is 5.82 Å². The first-order valence-corrected chi connectivity index (χ1v) is 7.58. The molecule has 2 rings (SSSR count). The van der Waals surface area contributed by atoms with Crippen LogP contribution in [0.1, 0.15) is 5.56 Å². The Morgan fingerprint density at radius 1 is 1.44 bits per heavy atom. The fraction of sp³-hybridized carbons (Fsp3) is 0.182. The van der Waals surface area contributed by atoms with E-state index in [9.17, 15) is 8.42 Å². The van der Waals surface area contributed by atoms with Crippen molar-refractivity contribution in [3.05, 3.63) is 40.7 Å². The van der Waals surface area contributed by atoms with Crippen LogP contribution in [0.25, 0.3) is 0 Å². The first-order valence-electron chi connectivity index (χ1n) is 5.19. The zero-order valence-electron chi connectivity index (χ0n) is 9.78. The van der Waals surface area contributed by atoms with Gasteiger partial charge in [0.2, 0.25) is 10.0 Å². The Morgan fingerprint density at radius 3 is 2.83 bits per heavy atom. The Bertz CT molecular complexity index is 623. The molecule has 0 aliphatic rings. The van der Waals surface area contributed by atoms with Crippen molar-refractivity contribution in [3.63, 3.8) is 0 Å². The average molecular weight is 283 g/mol. The highest BCUT2D eigenvalue weighted by atomic mass is 32.2. The number of aromatic nitrogens is 1. The predicted octanol–water partition coefficient (Wildman–Crippen LogP) is 1.55. The van der Waals surface area contributed by atoms with Crippen LogP contribution in [0, 0.1) is 0 Å². The summed E-state index contributed by atoms with van der Waals surface area (Å²) in [6, 6.07) is 4.91. The minimum Gasteiger partial charge on any atom is -0.383 e. The maximum absolute atomic E-state index is 12.3. The molecule has 5 nitrogen and oxygen atoms in total. The maximum atomic E-state index is 12.3. The number of nitrogen functional groups attached to an aromatic ring is 1. The molecule has 0 aromatic carbocycles. The molecule has 7 heteroatoms. The number of hydrogen-bond acceptors (Lipinski definition) is 5. The summed E-state index contributed by atoms with van der Waals surface area (Å²) in [4.78, 5) is 3.84. The van der Waals surface area contributed by atoms with Gasteiger partial charge in [0, 0.05) is 19.8 Å². The van der Waals surface area contributed by atoms with Gasteiger partial charge < -0.3 is 5.73 Å². The smallest absolute Gasteiger partial charge is 0.246 e. The molecule has 0 aliphatic carbocycles. The zero-order valence-corrected chi connectivity index (χ0v) is 11.4. The number of sulfonamides is 1. The molecule has 0 saturated carbocycles. The van der Waals surface area contributed by atoms with Crippen LogP contribution >= 0.6 is 11.3 Å². The van der Waals surface area contributed by atoms with Gasteiger partial charge in [0.1, 0.15) is 10.7 Å². The van der Waals surface area contributed by atoms with Crippen molar-refractivity contribution in [2.45, 2.75) is 11.4 Å². The fourth-order valence-electron chi connectivity index (χ4n) is 1.51. The van der Waals surface area contributed by atoms with Crippen molar-refractivity contribution in [1.82, 2.24) is 9.29 Å². The van der Waals surface area contributed by atoms with Crippen LogP contribution < -0.4 is 5.73 Å². The van der Waals surface area contributed by atoms with Crippen LogP contribution in [-0.4, -0.2) is 24.8 Å². The van der Waals surface area contributed by atoms with Crippen LogP contribution in [-0.2, 0) is 16.6 Å². The molecular formula is C11H13N3O2S2. The lowest BCUT2D eigenvalue weighted by Crippen LogP contribution is -2.27. The van der Waals surface area contributed by atoms with Crippen molar-refractivity contribution in [2.24, 2.45) is 0 Å². The number of nitrogens with two attached hydrogens (primary N) is 1. The molecular weight excluding hydrogens is 270 g/mol. The van der Waals surface area contributed by atoms with Gasteiger partial charge in [-0.1, -0.05) is 0 Å². The van der Waals surface area contributed by atoms with Crippen molar-refractivity contribution in [3.8, 4) is 0 Å². The second kappa shape index (κ2) is 5.05. The van der Waals surface area contributed by atoms with Crippen LogP contribution in [0.3, 0.4) is 0 Å². The van der Waals surface area contributed by atoms with Crippen molar-refractivity contribution < 1.29 is 8.42 Å². The normalized spacial score (nSPS) is 11.9.